The molecule has 2 aliphatic heterocycles. The van der Waals surface area contributed by atoms with Crippen LogP contribution in [0.25, 0.3) is 0 Å². The van der Waals surface area contributed by atoms with E-state index < -0.39 is 33.9 Å². The fourth-order valence-electron chi connectivity index (χ4n) is 3.66. The second kappa shape index (κ2) is 8.11. The van der Waals surface area contributed by atoms with Gasteiger partial charge in [0, 0.05) is 19.0 Å². The first-order valence-corrected chi connectivity index (χ1v) is 12.1. The quantitative estimate of drug-likeness (QED) is 0.661. The fraction of sp³-hybridized carbons (Fsp3) is 0.368. The number of nitrogens with one attached hydrogen (secondary N) is 1. The molecular weight excluding hydrogens is 464 g/mol. The highest BCUT2D eigenvalue weighted by atomic mass is 35.5. The zero-order valence-corrected chi connectivity index (χ0v) is 18.7. The predicted molar refractivity (Wildman–Crippen MR) is 112 cm³/mol. The lowest BCUT2D eigenvalue weighted by molar-refractivity contribution is -0.123. The summed E-state index contributed by atoms with van der Waals surface area (Å²) < 4.78 is 32.3. The van der Waals surface area contributed by atoms with Gasteiger partial charge < -0.3 is 9.64 Å². The number of nitriles is 1. The molecule has 1 amide bonds. The molecule has 1 unspecified atom stereocenters. The van der Waals surface area contributed by atoms with Crippen molar-refractivity contribution in [2.75, 3.05) is 18.0 Å². The van der Waals surface area contributed by atoms with Crippen LogP contribution in [-0.4, -0.2) is 38.4 Å². The smallest absolute Gasteiger partial charge is 0.340 e. The third-order valence-electron chi connectivity index (χ3n) is 5.25. The van der Waals surface area contributed by atoms with Crippen molar-refractivity contribution in [3.63, 3.8) is 0 Å². The number of carbonyl (C=O) groups excluding carboxylic acids is 2. The van der Waals surface area contributed by atoms with E-state index in [0.717, 1.165) is 11.3 Å². The van der Waals surface area contributed by atoms with Crippen LogP contribution >= 0.6 is 22.9 Å². The lowest BCUT2D eigenvalue weighted by atomic mass is 9.96. The number of amides is 1. The molecule has 0 bridgehead atoms. The van der Waals surface area contributed by atoms with Crippen molar-refractivity contribution in [3.8, 4) is 6.07 Å². The number of esters is 1. The lowest BCUT2D eigenvalue weighted by Gasteiger charge is -2.32. The number of anilines is 1. The standard InChI is InChI=1S/C19H17ClN4O5S2/c1-10-16-13(19(26)29-10)8-12(9-21)17(22-16)24-6-4-11(5-7-24)18(25)23-31(27,28)15-3-2-14(20)30-15/h2-3,8,10-11H,4-7H2,1H3,(H,23,25). The summed E-state index contributed by atoms with van der Waals surface area (Å²) in [5.41, 5.74) is 1.03. The van der Waals surface area contributed by atoms with E-state index in [1.54, 1.807) is 6.92 Å². The predicted octanol–water partition coefficient (Wildman–Crippen LogP) is 2.62. The normalized spacial score (nSPS) is 18.9. The maximum Gasteiger partial charge on any atom is 0.340 e. The number of carbonyl (C=O) groups is 2. The largest absolute Gasteiger partial charge is 0.452 e. The number of sulfonamides is 1. The molecule has 4 rings (SSSR count). The van der Waals surface area contributed by atoms with Crippen LogP contribution in [0.5, 0.6) is 0 Å². The van der Waals surface area contributed by atoms with Crippen molar-refractivity contribution in [1.29, 1.82) is 5.26 Å². The van der Waals surface area contributed by atoms with Crippen LogP contribution in [0, 0.1) is 17.2 Å². The Balaban J connectivity index is 1.46. The van der Waals surface area contributed by atoms with Crippen molar-refractivity contribution in [2.45, 2.75) is 30.1 Å². The molecule has 0 saturated carbocycles. The van der Waals surface area contributed by atoms with Crippen molar-refractivity contribution in [3.05, 3.63) is 39.4 Å². The van der Waals surface area contributed by atoms with Crippen LogP contribution in [0.15, 0.2) is 22.4 Å². The van der Waals surface area contributed by atoms with Gasteiger partial charge in [0.1, 0.15) is 22.2 Å². The van der Waals surface area contributed by atoms with Crippen molar-refractivity contribution >= 4 is 50.7 Å². The fourth-order valence-corrected chi connectivity index (χ4v) is 6.18. The van der Waals surface area contributed by atoms with Crippen molar-refractivity contribution in [2.24, 2.45) is 5.92 Å². The average molecular weight is 481 g/mol. The number of thiophene rings is 1. The van der Waals surface area contributed by atoms with Crippen LogP contribution in [0.2, 0.25) is 4.34 Å². The van der Waals surface area contributed by atoms with Gasteiger partial charge in [0.2, 0.25) is 5.91 Å². The number of piperidine rings is 1. The van der Waals surface area contributed by atoms with E-state index >= 15 is 0 Å². The summed E-state index contributed by atoms with van der Waals surface area (Å²) >= 11 is 6.66. The number of cyclic esters (lactones) is 1. The topological polar surface area (TPSA) is 129 Å². The molecule has 31 heavy (non-hydrogen) atoms. The number of hydrogen-bond acceptors (Lipinski definition) is 9. The Hall–Kier alpha value is -2.68. The van der Waals surface area contributed by atoms with Crippen molar-refractivity contribution in [1.82, 2.24) is 9.71 Å². The summed E-state index contributed by atoms with van der Waals surface area (Å²) in [6, 6.07) is 6.36. The molecule has 0 radical (unpaired) electrons. The molecule has 0 spiro atoms. The van der Waals surface area contributed by atoms with Gasteiger partial charge in [-0.2, -0.15) is 5.26 Å². The van der Waals surface area contributed by atoms with E-state index in [1.165, 1.54) is 18.2 Å². The van der Waals surface area contributed by atoms with Crippen LogP contribution < -0.4 is 9.62 Å². The molecule has 12 heteroatoms. The Morgan fingerprint density at radius 3 is 2.71 bits per heavy atom. The third-order valence-corrected chi connectivity index (χ3v) is 8.32. The zero-order valence-electron chi connectivity index (χ0n) is 16.3. The molecule has 1 N–H and O–H groups in total. The number of rotatable bonds is 4. The Kier molecular flexibility index (Phi) is 5.63. The Labute approximate surface area is 187 Å². The summed E-state index contributed by atoms with van der Waals surface area (Å²) in [7, 11) is -3.96. The van der Waals surface area contributed by atoms with Gasteiger partial charge >= 0.3 is 5.97 Å². The van der Waals surface area contributed by atoms with Crippen LogP contribution in [0.1, 0.15) is 47.5 Å². The molecule has 2 aromatic heterocycles. The van der Waals surface area contributed by atoms with Crippen LogP contribution in [0.4, 0.5) is 5.82 Å². The molecule has 1 fully saturated rings. The minimum atomic E-state index is -3.96. The number of hydrogen-bond donors (Lipinski definition) is 1. The van der Waals surface area contributed by atoms with Gasteiger partial charge in [0.05, 0.1) is 21.2 Å². The van der Waals surface area contributed by atoms with Crippen molar-refractivity contribution < 1.29 is 22.7 Å². The number of ether oxygens (including phenoxy) is 1. The first-order chi connectivity index (χ1) is 14.7. The molecular formula is C19H17ClN4O5S2. The molecule has 162 valence electrons. The summed E-state index contributed by atoms with van der Waals surface area (Å²) in [5, 5.41) is 9.50. The first kappa shape index (κ1) is 21.5. The second-order valence-electron chi connectivity index (χ2n) is 7.24. The number of pyridine rings is 1. The molecule has 1 atom stereocenters. The Morgan fingerprint density at radius 2 is 2.10 bits per heavy atom. The second-order valence-corrected chi connectivity index (χ2v) is 10.9. The van der Waals surface area contributed by atoms with Gasteiger partial charge in [-0.15, -0.1) is 11.3 Å². The highest BCUT2D eigenvalue weighted by molar-refractivity contribution is 7.92. The lowest BCUT2D eigenvalue weighted by Crippen LogP contribution is -2.42. The molecule has 2 aliphatic rings. The SMILES string of the molecule is CC1OC(=O)c2cc(C#N)c(N3CCC(C(=O)NS(=O)(=O)c4ccc(Cl)s4)CC3)nc21. The van der Waals surface area contributed by atoms with Gasteiger partial charge in [-0.05, 0) is 38.0 Å². The van der Waals surface area contributed by atoms with E-state index in [9.17, 15) is 23.3 Å². The number of nitrogens with zero attached hydrogens (tertiary/aromatic N) is 3. The van der Waals surface area contributed by atoms with Gasteiger partial charge in [-0.3, -0.25) is 4.79 Å². The molecule has 1 saturated heterocycles. The van der Waals surface area contributed by atoms with E-state index in [-0.39, 0.29) is 9.77 Å². The van der Waals surface area contributed by atoms with E-state index in [2.05, 4.69) is 15.8 Å². The van der Waals surface area contributed by atoms with Gasteiger partial charge in [-0.1, -0.05) is 11.6 Å². The minimum absolute atomic E-state index is 0.0184. The monoisotopic (exact) mass is 480 g/mol. The van der Waals surface area contributed by atoms with E-state index in [4.69, 9.17) is 16.3 Å². The first-order valence-electron chi connectivity index (χ1n) is 9.42. The van der Waals surface area contributed by atoms with Gasteiger partial charge in [0.25, 0.3) is 10.0 Å². The molecule has 0 aliphatic carbocycles. The molecule has 4 heterocycles. The maximum atomic E-state index is 12.5. The summed E-state index contributed by atoms with van der Waals surface area (Å²) in [6.07, 6.45) is 0.288. The number of aromatic nitrogens is 1. The summed E-state index contributed by atoms with van der Waals surface area (Å²) in [5.74, 6) is -1.13. The highest BCUT2D eigenvalue weighted by Gasteiger charge is 2.34. The molecule has 9 nitrogen and oxygen atoms in total. The van der Waals surface area contributed by atoms with Gasteiger partial charge in [-0.25, -0.2) is 22.9 Å². The summed E-state index contributed by atoms with van der Waals surface area (Å²) in [6.45, 7) is 2.53. The summed E-state index contributed by atoms with van der Waals surface area (Å²) in [4.78, 5) is 30.8. The number of halogens is 1. The molecule has 0 aromatic carbocycles. The third kappa shape index (κ3) is 4.11. The molecule has 2 aromatic rings. The Bertz CT molecular complexity index is 1210. The van der Waals surface area contributed by atoms with E-state index in [0.29, 0.717) is 47.3 Å². The maximum absolute atomic E-state index is 12.5. The zero-order chi connectivity index (χ0) is 22.3. The Morgan fingerprint density at radius 1 is 1.39 bits per heavy atom. The van der Waals surface area contributed by atoms with Crippen LogP contribution in [0.3, 0.4) is 0 Å². The van der Waals surface area contributed by atoms with Gasteiger partial charge in [0.15, 0.2) is 0 Å². The number of fused-ring (bicyclic) bond motifs is 1. The average Bonchev–Trinajstić information content (AvgIpc) is 3.30. The van der Waals surface area contributed by atoms with Crippen LogP contribution in [-0.2, 0) is 19.6 Å². The van der Waals surface area contributed by atoms with E-state index in [1.807, 2.05) is 4.90 Å². The minimum Gasteiger partial charge on any atom is -0.452 e. The highest BCUT2D eigenvalue weighted by Crippen LogP contribution is 2.34.